The molecule has 20 heavy (non-hydrogen) atoms. The van der Waals surface area contributed by atoms with Crippen LogP contribution >= 0.6 is 0 Å². The van der Waals surface area contributed by atoms with Gasteiger partial charge in [-0.05, 0) is 39.3 Å². The topological polar surface area (TPSA) is 75.3 Å². The van der Waals surface area contributed by atoms with E-state index < -0.39 is 10.0 Å². The SMILES string of the molecule is Cc1ccc(S(=O)(=O)NCCC(=O)NC(C)C)c(C)c1. The summed E-state index contributed by atoms with van der Waals surface area (Å²) in [5, 5.41) is 2.71. The van der Waals surface area contributed by atoms with Crippen molar-refractivity contribution < 1.29 is 13.2 Å². The maximum Gasteiger partial charge on any atom is 0.240 e. The molecule has 0 atom stereocenters. The maximum atomic E-state index is 12.1. The van der Waals surface area contributed by atoms with Crippen LogP contribution in [-0.4, -0.2) is 26.9 Å². The minimum Gasteiger partial charge on any atom is -0.354 e. The smallest absolute Gasteiger partial charge is 0.240 e. The number of hydrogen-bond donors (Lipinski definition) is 2. The molecule has 0 heterocycles. The lowest BCUT2D eigenvalue weighted by molar-refractivity contribution is -0.121. The second kappa shape index (κ2) is 6.85. The van der Waals surface area contributed by atoms with Crippen molar-refractivity contribution in [2.75, 3.05) is 6.54 Å². The zero-order valence-corrected chi connectivity index (χ0v) is 13.2. The molecule has 0 aliphatic carbocycles. The number of benzene rings is 1. The Hall–Kier alpha value is -1.40. The van der Waals surface area contributed by atoms with Gasteiger partial charge in [0.05, 0.1) is 4.90 Å². The first-order chi connectivity index (χ1) is 9.22. The zero-order chi connectivity index (χ0) is 15.3. The second-order valence-corrected chi connectivity index (χ2v) is 6.87. The van der Waals surface area contributed by atoms with Crippen LogP contribution in [0.4, 0.5) is 0 Å². The number of aryl methyl sites for hydroxylation is 2. The van der Waals surface area contributed by atoms with Gasteiger partial charge >= 0.3 is 0 Å². The summed E-state index contributed by atoms with van der Waals surface area (Å²) >= 11 is 0. The van der Waals surface area contributed by atoms with Gasteiger partial charge in [0, 0.05) is 19.0 Å². The molecule has 0 fully saturated rings. The van der Waals surface area contributed by atoms with Crippen molar-refractivity contribution in [3.8, 4) is 0 Å². The van der Waals surface area contributed by atoms with Gasteiger partial charge in [0.15, 0.2) is 0 Å². The summed E-state index contributed by atoms with van der Waals surface area (Å²) in [4.78, 5) is 11.7. The van der Waals surface area contributed by atoms with Crippen LogP contribution in [0.25, 0.3) is 0 Å². The van der Waals surface area contributed by atoms with E-state index >= 15 is 0 Å². The first-order valence-corrected chi connectivity index (χ1v) is 8.07. The van der Waals surface area contributed by atoms with Gasteiger partial charge in [0.25, 0.3) is 0 Å². The minimum absolute atomic E-state index is 0.0541. The fourth-order valence-electron chi connectivity index (χ4n) is 1.87. The number of carbonyl (C=O) groups is 1. The van der Waals surface area contributed by atoms with Crippen molar-refractivity contribution >= 4 is 15.9 Å². The lowest BCUT2D eigenvalue weighted by atomic mass is 10.2. The molecule has 1 rings (SSSR count). The molecule has 112 valence electrons. The largest absolute Gasteiger partial charge is 0.354 e. The summed E-state index contributed by atoms with van der Waals surface area (Å²) in [6.07, 6.45) is 0.127. The predicted octanol–water partition coefficient (Wildman–Crippen LogP) is 1.50. The average Bonchev–Trinajstić information content (AvgIpc) is 2.26. The van der Waals surface area contributed by atoms with Gasteiger partial charge in [-0.2, -0.15) is 0 Å². The Morgan fingerprint density at radius 1 is 1.25 bits per heavy atom. The number of hydrogen-bond acceptors (Lipinski definition) is 3. The number of sulfonamides is 1. The van der Waals surface area contributed by atoms with Gasteiger partial charge in [0.1, 0.15) is 0 Å². The Morgan fingerprint density at radius 3 is 2.45 bits per heavy atom. The molecule has 0 unspecified atom stereocenters. The molecular weight excluding hydrogens is 276 g/mol. The van der Waals surface area contributed by atoms with E-state index in [1.807, 2.05) is 26.8 Å². The van der Waals surface area contributed by atoms with Crippen LogP contribution in [0.15, 0.2) is 23.1 Å². The number of nitrogens with one attached hydrogen (secondary N) is 2. The quantitative estimate of drug-likeness (QED) is 0.835. The van der Waals surface area contributed by atoms with Crippen molar-refractivity contribution in [2.45, 2.75) is 45.1 Å². The van der Waals surface area contributed by atoms with Crippen LogP contribution in [-0.2, 0) is 14.8 Å². The molecule has 6 heteroatoms. The van der Waals surface area contributed by atoms with E-state index in [1.54, 1.807) is 19.1 Å². The average molecular weight is 298 g/mol. The van der Waals surface area contributed by atoms with E-state index in [2.05, 4.69) is 10.0 Å². The molecule has 2 N–H and O–H groups in total. The van der Waals surface area contributed by atoms with E-state index in [0.29, 0.717) is 5.56 Å². The van der Waals surface area contributed by atoms with Crippen LogP contribution in [0.5, 0.6) is 0 Å². The third kappa shape index (κ3) is 4.94. The van der Waals surface area contributed by atoms with Crippen LogP contribution in [0.1, 0.15) is 31.4 Å². The summed E-state index contributed by atoms with van der Waals surface area (Å²) < 4.78 is 26.7. The summed E-state index contributed by atoms with van der Waals surface area (Å²) in [7, 11) is -3.56. The van der Waals surface area contributed by atoms with E-state index in [9.17, 15) is 13.2 Å². The lowest BCUT2D eigenvalue weighted by Crippen LogP contribution is -2.34. The van der Waals surface area contributed by atoms with Crippen LogP contribution in [0, 0.1) is 13.8 Å². The standard InChI is InChI=1S/C14H22N2O3S/c1-10(2)16-14(17)7-8-15-20(18,19)13-6-5-11(3)9-12(13)4/h5-6,9-10,15H,7-8H2,1-4H3,(H,16,17). The van der Waals surface area contributed by atoms with Crippen LogP contribution < -0.4 is 10.0 Å². The fourth-order valence-corrected chi connectivity index (χ4v) is 3.13. The van der Waals surface area contributed by atoms with Gasteiger partial charge in [0.2, 0.25) is 15.9 Å². The lowest BCUT2D eigenvalue weighted by Gasteiger charge is -2.11. The fraction of sp³-hybridized carbons (Fsp3) is 0.500. The number of rotatable bonds is 6. The molecule has 0 aliphatic rings. The van der Waals surface area contributed by atoms with Gasteiger partial charge in [-0.1, -0.05) is 17.7 Å². The van der Waals surface area contributed by atoms with Crippen LogP contribution in [0.3, 0.4) is 0 Å². The summed E-state index contributed by atoms with van der Waals surface area (Å²) in [6.45, 7) is 7.48. The highest BCUT2D eigenvalue weighted by atomic mass is 32.2. The Bertz CT molecular complexity index is 580. The molecule has 0 saturated heterocycles. The van der Waals surface area contributed by atoms with Gasteiger partial charge < -0.3 is 5.32 Å². The Morgan fingerprint density at radius 2 is 1.90 bits per heavy atom. The molecular formula is C14H22N2O3S. The van der Waals surface area contributed by atoms with E-state index in [4.69, 9.17) is 0 Å². The molecule has 0 radical (unpaired) electrons. The normalized spacial score (nSPS) is 11.7. The minimum atomic E-state index is -3.56. The highest BCUT2D eigenvalue weighted by Gasteiger charge is 2.16. The molecule has 0 saturated carbocycles. The molecule has 1 aromatic rings. The number of amides is 1. The summed E-state index contributed by atoms with van der Waals surface area (Å²) in [6, 6.07) is 5.22. The van der Waals surface area contributed by atoms with Crippen molar-refractivity contribution in [1.29, 1.82) is 0 Å². The van der Waals surface area contributed by atoms with Crippen molar-refractivity contribution in [2.24, 2.45) is 0 Å². The molecule has 0 spiro atoms. The molecule has 0 aliphatic heterocycles. The first-order valence-electron chi connectivity index (χ1n) is 6.58. The summed E-state index contributed by atoms with van der Waals surface area (Å²) in [5.74, 6) is -0.164. The van der Waals surface area contributed by atoms with Gasteiger partial charge in [-0.15, -0.1) is 0 Å². The molecule has 0 aromatic heterocycles. The van der Waals surface area contributed by atoms with Gasteiger partial charge in [-0.25, -0.2) is 13.1 Å². The van der Waals surface area contributed by atoms with Crippen molar-refractivity contribution in [3.05, 3.63) is 29.3 Å². The van der Waals surface area contributed by atoms with E-state index in [-0.39, 0.29) is 29.8 Å². The highest BCUT2D eigenvalue weighted by molar-refractivity contribution is 7.89. The van der Waals surface area contributed by atoms with Crippen molar-refractivity contribution in [1.82, 2.24) is 10.0 Å². The predicted molar refractivity (Wildman–Crippen MR) is 79.0 cm³/mol. The Kier molecular flexibility index (Phi) is 5.71. The Labute approximate surface area is 120 Å². The second-order valence-electron chi connectivity index (χ2n) is 5.14. The molecule has 5 nitrogen and oxygen atoms in total. The monoisotopic (exact) mass is 298 g/mol. The molecule has 1 aromatic carbocycles. The van der Waals surface area contributed by atoms with Gasteiger partial charge in [-0.3, -0.25) is 4.79 Å². The number of carbonyl (C=O) groups excluding carboxylic acids is 1. The first kappa shape index (κ1) is 16.7. The summed E-state index contributed by atoms with van der Waals surface area (Å²) in [5.41, 5.74) is 1.71. The Balaban J connectivity index is 2.64. The zero-order valence-electron chi connectivity index (χ0n) is 12.4. The molecule has 0 bridgehead atoms. The highest BCUT2D eigenvalue weighted by Crippen LogP contribution is 2.16. The van der Waals surface area contributed by atoms with Crippen LogP contribution in [0.2, 0.25) is 0 Å². The maximum absolute atomic E-state index is 12.1. The van der Waals surface area contributed by atoms with E-state index in [0.717, 1.165) is 5.56 Å². The van der Waals surface area contributed by atoms with Crippen molar-refractivity contribution in [3.63, 3.8) is 0 Å². The van der Waals surface area contributed by atoms with E-state index in [1.165, 1.54) is 0 Å². The molecule has 1 amide bonds. The third-order valence-electron chi connectivity index (χ3n) is 2.71. The third-order valence-corrected chi connectivity index (χ3v) is 4.34.